The van der Waals surface area contributed by atoms with E-state index in [2.05, 4.69) is 22.3 Å². The normalized spacial score (nSPS) is 22.3. The number of ether oxygens (including phenoxy) is 1. The Balaban J connectivity index is 1.50. The third kappa shape index (κ3) is 3.97. The van der Waals surface area contributed by atoms with Crippen molar-refractivity contribution in [1.29, 1.82) is 0 Å². The van der Waals surface area contributed by atoms with Gasteiger partial charge in [0.1, 0.15) is 0 Å². The van der Waals surface area contributed by atoms with Crippen LogP contribution in [0.15, 0.2) is 24.3 Å². The summed E-state index contributed by atoms with van der Waals surface area (Å²) in [6.07, 6.45) is 5.29. The van der Waals surface area contributed by atoms with E-state index in [1.807, 2.05) is 12.1 Å². The van der Waals surface area contributed by atoms with Crippen LogP contribution in [0.2, 0.25) is 0 Å². The van der Waals surface area contributed by atoms with Gasteiger partial charge in [0.25, 0.3) is 0 Å². The van der Waals surface area contributed by atoms with Crippen LogP contribution in [0.5, 0.6) is 0 Å². The van der Waals surface area contributed by atoms with Crippen LogP contribution in [0.25, 0.3) is 0 Å². The second-order valence-corrected chi connectivity index (χ2v) is 6.08. The van der Waals surface area contributed by atoms with Crippen LogP contribution in [-0.4, -0.2) is 32.2 Å². The maximum atomic E-state index is 12.0. The van der Waals surface area contributed by atoms with Crippen LogP contribution in [-0.2, 0) is 9.53 Å². The monoisotopic (exact) mass is 288 g/mol. The molecule has 21 heavy (non-hydrogen) atoms. The molecule has 0 aliphatic carbocycles. The Bertz CT molecular complexity index is 460. The molecular formula is C17H24N2O2. The zero-order valence-electron chi connectivity index (χ0n) is 12.5. The van der Waals surface area contributed by atoms with Gasteiger partial charge in [0, 0.05) is 44.1 Å². The molecule has 1 unspecified atom stereocenters. The highest BCUT2D eigenvalue weighted by Crippen LogP contribution is 2.23. The predicted molar refractivity (Wildman–Crippen MR) is 84.7 cm³/mol. The van der Waals surface area contributed by atoms with Crippen molar-refractivity contribution in [2.24, 2.45) is 5.92 Å². The van der Waals surface area contributed by atoms with Crippen molar-refractivity contribution in [3.63, 3.8) is 0 Å². The minimum absolute atomic E-state index is 0.0967. The maximum Gasteiger partial charge on any atom is 0.224 e. The van der Waals surface area contributed by atoms with Crippen molar-refractivity contribution in [2.75, 3.05) is 36.5 Å². The van der Waals surface area contributed by atoms with Gasteiger partial charge in [-0.3, -0.25) is 4.79 Å². The lowest BCUT2D eigenvalue weighted by molar-refractivity contribution is -0.118. The first-order valence-electron chi connectivity index (χ1n) is 8.04. The fourth-order valence-electron chi connectivity index (χ4n) is 3.17. The summed E-state index contributed by atoms with van der Waals surface area (Å²) in [7, 11) is 0. The molecule has 3 rings (SSSR count). The highest BCUT2D eigenvalue weighted by Gasteiger charge is 2.18. The van der Waals surface area contributed by atoms with E-state index in [9.17, 15) is 4.79 Å². The number of amides is 1. The summed E-state index contributed by atoms with van der Waals surface area (Å²) in [5.74, 6) is 0.474. The molecule has 2 saturated heterocycles. The lowest BCUT2D eigenvalue weighted by Gasteiger charge is -2.21. The van der Waals surface area contributed by atoms with Crippen molar-refractivity contribution < 1.29 is 9.53 Å². The number of carbonyl (C=O) groups excluding carboxylic acids is 1. The number of hydrogen-bond acceptors (Lipinski definition) is 3. The molecule has 0 bridgehead atoms. The molecule has 0 saturated carbocycles. The highest BCUT2D eigenvalue weighted by atomic mass is 16.5. The van der Waals surface area contributed by atoms with Crippen molar-refractivity contribution in [3.05, 3.63) is 24.3 Å². The summed E-state index contributed by atoms with van der Waals surface area (Å²) in [6.45, 7) is 3.86. The molecule has 2 aliphatic heterocycles. The molecule has 2 fully saturated rings. The first-order valence-corrected chi connectivity index (χ1v) is 8.04. The van der Waals surface area contributed by atoms with E-state index < -0.39 is 0 Å². The van der Waals surface area contributed by atoms with Gasteiger partial charge in [-0.05, 0) is 55.9 Å². The Hall–Kier alpha value is -1.55. The van der Waals surface area contributed by atoms with E-state index in [4.69, 9.17) is 4.74 Å². The van der Waals surface area contributed by atoms with Gasteiger partial charge in [0.2, 0.25) is 5.91 Å². The van der Waals surface area contributed by atoms with Gasteiger partial charge in [-0.15, -0.1) is 0 Å². The van der Waals surface area contributed by atoms with E-state index in [0.29, 0.717) is 12.3 Å². The lowest BCUT2D eigenvalue weighted by Crippen LogP contribution is -2.23. The number of hydrogen-bond donors (Lipinski definition) is 1. The second kappa shape index (κ2) is 6.94. The predicted octanol–water partition coefficient (Wildman–Crippen LogP) is 3.04. The molecule has 1 amide bonds. The standard InChI is InChI=1S/C17H24N2O2/c20-17(12-14-4-3-11-21-13-14)18-15-5-7-16(8-6-15)19-9-1-2-10-19/h5-8,14H,1-4,9-13H2,(H,18,20). The van der Waals surface area contributed by atoms with Gasteiger partial charge < -0.3 is 15.0 Å². The number of nitrogens with zero attached hydrogens (tertiary/aromatic N) is 1. The summed E-state index contributed by atoms with van der Waals surface area (Å²) >= 11 is 0. The molecule has 0 spiro atoms. The lowest BCUT2D eigenvalue weighted by atomic mass is 9.98. The van der Waals surface area contributed by atoms with E-state index in [0.717, 1.165) is 44.8 Å². The van der Waals surface area contributed by atoms with Crippen LogP contribution in [0.1, 0.15) is 32.1 Å². The summed E-state index contributed by atoms with van der Waals surface area (Å²) in [5.41, 5.74) is 2.14. The molecule has 4 heteroatoms. The molecule has 1 atom stereocenters. The quantitative estimate of drug-likeness (QED) is 0.926. The molecule has 2 heterocycles. The van der Waals surface area contributed by atoms with Gasteiger partial charge in [0.05, 0.1) is 0 Å². The minimum atomic E-state index is 0.0967. The second-order valence-electron chi connectivity index (χ2n) is 6.08. The minimum Gasteiger partial charge on any atom is -0.381 e. The molecule has 0 aromatic heterocycles. The molecule has 1 aromatic carbocycles. The average Bonchev–Trinajstić information content (AvgIpc) is 3.03. The molecule has 114 valence electrons. The van der Waals surface area contributed by atoms with E-state index >= 15 is 0 Å². The molecular weight excluding hydrogens is 264 g/mol. The number of carbonyl (C=O) groups is 1. The summed E-state index contributed by atoms with van der Waals surface area (Å²) in [6, 6.07) is 8.21. The van der Waals surface area contributed by atoms with Gasteiger partial charge in [-0.25, -0.2) is 0 Å². The number of benzene rings is 1. The van der Waals surface area contributed by atoms with Crippen molar-refractivity contribution in [3.8, 4) is 0 Å². The Labute approximate surface area is 126 Å². The number of rotatable bonds is 4. The fraction of sp³-hybridized carbons (Fsp3) is 0.588. The number of nitrogens with one attached hydrogen (secondary N) is 1. The highest BCUT2D eigenvalue weighted by molar-refractivity contribution is 5.91. The van der Waals surface area contributed by atoms with Crippen molar-refractivity contribution >= 4 is 17.3 Å². The topological polar surface area (TPSA) is 41.6 Å². The molecule has 1 aromatic rings. The zero-order valence-corrected chi connectivity index (χ0v) is 12.5. The maximum absolute atomic E-state index is 12.0. The fourth-order valence-corrected chi connectivity index (χ4v) is 3.17. The smallest absolute Gasteiger partial charge is 0.224 e. The SMILES string of the molecule is O=C(CC1CCCOC1)Nc1ccc(N2CCCC2)cc1. The van der Waals surface area contributed by atoms with Crippen molar-refractivity contribution in [1.82, 2.24) is 0 Å². The van der Waals surface area contributed by atoms with Crippen LogP contribution in [0.3, 0.4) is 0 Å². The third-order valence-electron chi connectivity index (χ3n) is 4.35. The van der Waals surface area contributed by atoms with E-state index in [-0.39, 0.29) is 5.91 Å². The Morgan fingerprint density at radius 2 is 1.95 bits per heavy atom. The zero-order chi connectivity index (χ0) is 14.5. The first kappa shape index (κ1) is 14.4. The molecule has 0 radical (unpaired) electrons. The van der Waals surface area contributed by atoms with Gasteiger partial charge in [-0.2, -0.15) is 0 Å². The third-order valence-corrected chi connectivity index (χ3v) is 4.35. The molecule has 1 N–H and O–H groups in total. The van der Waals surface area contributed by atoms with E-state index in [1.165, 1.54) is 18.5 Å². The molecule has 2 aliphatic rings. The summed E-state index contributed by atoms with van der Waals surface area (Å²) in [4.78, 5) is 14.4. The van der Waals surface area contributed by atoms with E-state index in [1.54, 1.807) is 0 Å². The van der Waals surface area contributed by atoms with Crippen molar-refractivity contribution in [2.45, 2.75) is 32.1 Å². The van der Waals surface area contributed by atoms with Gasteiger partial charge in [-0.1, -0.05) is 0 Å². The molecule has 4 nitrogen and oxygen atoms in total. The Morgan fingerprint density at radius 3 is 2.62 bits per heavy atom. The summed E-state index contributed by atoms with van der Waals surface area (Å²) in [5, 5.41) is 2.99. The van der Waals surface area contributed by atoms with Gasteiger partial charge >= 0.3 is 0 Å². The Kier molecular flexibility index (Phi) is 4.76. The Morgan fingerprint density at radius 1 is 1.19 bits per heavy atom. The average molecular weight is 288 g/mol. The largest absolute Gasteiger partial charge is 0.381 e. The summed E-state index contributed by atoms with van der Waals surface area (Å²) < 4.78 is 5.42. The van der Waals surface area contributed by atoms with Gasteiger partial charge in [0.15, 0.2) is 0 Å². The first-order chi connectivity index (χ1) is 10.3. The van der Waals surface area contributed by atoms with Crippen LogP contribution >= 0.6 is 0 Å². The van der Waals surface area contributed by atoms with Crippen LogP contribution < -0.4 is 10.2 Å². The number of anilines is 2. The van der Waals surface area contributed by atoms with Crippen LogP contribution in [0, 0.1) is 5.92 Å². The van der Waals surface area contributed by atoms with Crippen LogP contribution in [0.4, 0.5) is 11.4 Å².